The number of aryl methyl sites for hydroxylation is 1. The van der Waals surface area contributed by atoms with Crippen molar-refractivity contribution in [2.45, 2.75) is 12.8 Å². The summed E-state index contributed by atoms with van der Waals surface area (Å²) in [5.74, 6) is -2.59. The molecule has 8 heteroatoms. The topological polar surface area (TPSA) is 107 Å². The normalized spacial score (nSPS) is 11.5. The van der Waals surface area contributed by atoms with Crippen LogP contribution in [0.5, 0.6) is 0 Å². The van der Waals surface area contributed by atoms with Crippen LogP contribution >= 0.6 is 11.3 Å². The van der Waals surface area contributed by atoms with Gasteiger partial charge in [-0.15, -0.1) is 11.3 Å². The van der Waals surface area contributed by atoms with Gasteiger partial charge in [-0.05, 0) is 13.0 Å². The van der Waals surface area contributed by atoms with E-state index in [1.807, 2.05) is 6.07 Å². The number of pyridine rings is 1. The lowest BCUT2D eigenvalue weighted by Gasteiger charge is -2.06. The molecule has 112 valence electrons. The Labute approximate surface area is 130 Å². The maximum atomic E-state index is 12.0. The number of carbonyl (C=O) groups is 2. The summed E-state index contributed by atoms with van der Waals surface area (Å²) in [6.45, 7) is 1.16. The van der Waals surface area contributed by atoms with Crippen molar-refractivity contribution in [2.75, 3.05) is 6.61 Å². The molecule has 2 aromatic rings. The standard InChI is InChI=1S/C14H11N3O4S/c1-9-8-22-13(16-9)10(6-15)12(18)7-21-14(19)11-4-2-3-5-17(11)20/h2-5,8,10H,7H2,1H3/t10-/m0/s1. The molecule has 0 saturated carbocycles. The molecule has 0 amide bonds. The van der Waals surface area contributed by atoms with Gasteiger partial charge in [0.2, 0.25) is 0 Å². The maximum absolute atomic E-state index is 12.0. The zero-order valence-electron chi connectivity index (χ0n) is 11.6. The van der Waals surface area contributed by atoms with E-state index in [1.165, 1.54) is 29.5 Å². The average molecular weight is 317 g/mol. The molecule has 0 unspecified atom stereocenters. The second kappa shape index (κ2) is 6.78. The first-order valence-electron chi connectivity index (χ1n) is 6.22. The molecular formula is C14H11N3O4S. The van der Waals surface area contributed by atoms with Gasteiger partial charge in [-0.25, -0.2) is 9.78 Å². The molecule has 0 aliphatic heterocycles. The lowest BCUT2D eigenvalue weighted by molar-refractivity contribution is -0.608. The first-order valence-corrected chi connectivity index (χ1v) is 7.10. The van der Waals surface area contributed by atoms with Gasteiger partial charge in [-0.2, -0.15) is 9.99 Å². The number of ether oxygens (including phenoxy) is 1. The molecular weight excluding hydrogens is 306 g/mol. The zero-order valence-corrected chi connectivity index (χ0v) is 12.4. The van der Waals surface area contributed by atoms with Crippen molar-refractivity contribution in [2.24, 2.45) is 0 Å². The monoisotopic (exact) mass is 317 g/mol. The van der Waals surface area contributed by atoms with Crippen LogP contribution in [0, 0.1) is 23.5 Å². The third-order valence-electron chi connectivity index (χ3n) is 2.71. The fourth-order valence-electron chi connectivity index (χ4n) is 1.65. The number of hydrogen-bond donors (Lipinski definition) is 0. The van der Waals surface area contributed by atoms with Crippen LogP contribution in [0.15, 0.2) is 29.8 Å². The minimum absolute atomic E-state index is 0.228. The summed E-state index contributed by atoms with van der Waals surface area (Å²) >= 11 is 1.19. The van der Waals surface area contributed by atoms with E-state index in [0.29, 0.717) is 15.4 Å². The molecule has 2 aromatic heterocycles. The van der Waals surface area contributed by atoms with Crippen LogP contribution in [-0.4, -0.2) is 23.3 Å². The molecule has 2 heterocycles. The van der Waals surface area contributed by atoms with Gasteiger partial charge in [0.25, 0.3) is 0 Å². The number of ketones is 1. The second-order valence-corrected chi connectivity index (χ2v) is 5.23. The number of hydrogen-bond acceptors (Lipinski definition) is 7. The van der Waals surface area contributed by atoms with Crippen molar-refractivity contribution in [1.29, 1.82) is 5.26 Å². The third kappa shape index (κ3) is 3.45. The second-order valence-electron chi connectivity index (χ2n) is 4.34. The highest BCUT2D eigenvalue weighted by molar-refractivity contribution is 7.09. The molecule has 0 fully saturated rings. The molecule has 0 N–H and O–H groups in total. The van der Waals surface area contributed by atoms with Gasteiger partial charge >= 0.3 is 11.7 Å². The molecule has 0 saturated heterocycles. The van der Waals surface area contributed by atoms with Crippen molar-refractivity contribution in [3.05, 3.63) is 51.4 Å². The Hall–Kier alpha value is -2.79. The smallest absolute Gasteiger partial charge is 0.405 e. The molecule has 2 rings (SSSR count). The van der Waals surface area contributed by atoms with Gasteiger partial charge in [-0.3, -0.25) is 4.79 Å². The summed E-state index contributed by atoms with van der Waals surface area (Å²) in [6, 6.07) is 6.10. The van der Waals surface area contributed by atoms with Crippen LogP contribution < -0.4 is 4.73 Å². The SMILES string of the molecule is Cc1csc([C@@H](C#N)C(=O)COC(=O)c2cccc[n+]2[O-])n1. The van der Waals surface area contributed by atoms with E-state index in [1.54, 1.807) is 12.3 Å². The summed E-state index contributed by atoms with van der Waals surface area (Å²) in [7, 11) is 0. The lowest BCUT2D eigenvalue weighted by atomic mass is 10.1. The Kier molecular flexibility index (Phi) is 4.80. The van der Waals surface area contributed by atoms with Crippen LogP contribution in [-0.2, 0) is 9.53 Å². The first kappa shape index (κ1) is 15.6. The third-order valence-corrected chi connectivity index (χ3v) is 3.74. The highest BCUT2D eigenvalue weighted by atomic mass is 32.1. The number of esters is 1. The number of carbonyl (C=O) groups excluding carboxylic acids is 2. The van der Waals surface area contributed by atoms with Crippen molar-refractivity contribution >= 4 is 23.1 Å². The van der Waals surface area contributed by atoms with Gasteiger partial charge < -0.3 is 9.94 Å². The predicted octanol–water partition coefficient (Wildman–Crippen LogP) is 1.12. The fourth-order valence-corrected chi connectivity index (χ4v) is 2.51. The molecule has 1 atom stereocenters. The van der Waals surface area contributed by atoms with Crippen molar-refractivity contribution in [1.82, 2.24) is 4.98 Å². The van der Waals surface area contributed by atoms with E-state index >= 15 is 0 Å². The van der Waals surface area contributed by atoms with Gasteiger partial charge in [-0.1, -0.05) is 0 Å². The molecule has 0 aliphatic carbocycles. The summed E-state index contributed by atoms with van der Waals surface area (Å²) in [6.07, 6.45) is 1.15. The summed E-state index contributed by atoms with van der Waals surface area (Å²) in [4.78, 5) is 27.8. The van der Waals surface area contributed by atoms with Crippen LogP contribution in [0.4, 0.5) is 0 Å². The average Bonchev–Trinajstić information content (AvgIpc) is 2.92. The van der Waals surface area contributed by atoms with Crippen molar-refractivity contribution < 1.29 is 19.1 Å². The van der Waals surface area contributed by atoms with E-state index in [4.69, 9.17) is 10.00 Å². The van der Waals surface area contributed by atoms with E-state index < -0.39 is 24.3 Å². The molecule has 22 heavy (non-hydrogen) atoms. The van der Waals surface area contributed by atoms with Crippen LogP contribution in [0.1, 0.15) is 27.1 Å². The summed E-state index contributed by atoms with van der Waals surface area (Å²) in [5.41, 5.74) is 0.482. The fraction of sp³-hybridized carbons (Fsp3) is 0.214. The van der Waals surface area contributed by atoms with Gasteiger partial charge in [0.1, 0.15) is 5.01 Å². The number of thiazole rings is 1. The predicted molar refractivity (Wildman–Crippen MR) is 75.9 cm³/mol. The minimum Gasteiger partial charge on any atom is -0.618 e. The Morgan fingerprint density at radius 3 is 2.91 bits per heavy atom. The molecule has 7 nitrogen and oxygen atoms in total. The number of Topliss-reactive ketones (excluding diaryl/α,β-unsaturated/α-hetero) is 1. The maximum Gasteiger partial charge on any atom is 0.405 e. The van der Waals surface area contributed by atoms with E-state index in [-0.39, 0.29) is 5.69 Å². The molecule has 0 spiro atoms. The summed E-state index contributed by atoms with van der Waals surface area (Å²) < 4.78 is 5.14. The van der Waals surface area contributed by atoms with Crippen LogP contribution in [0.2, 0.25) is 0 Å². The molecule has 0 bridgehead atoms. The Morgan fingerprint density at radius 1 is 1.55 bits per heavy atom. The van der Waals surface area contributed by atoms with E-state index in [0.717, 1.165) is 6.20 Å². The van der Waals surface area contributed by atoms with Crippen molar-refractivity contribution in [3.8, 4) is 6.07 Å². The highest BCUT2D eigenvalue weighted by Crippen LogP contribution is 2.20. The van der Waals surface area contributed by atoms with Gasteiger partial charge in [0, 0.05) is 23.2 Å². The molecule has 0 aromatic carbocycles. The Balaban J connectivity index is 2.02. The van der Waals surface area contributed by atoms with Gasteiger partial charge in [0.15, 0.2) is 24.5 Å². The number of nitrogens with zero attached hydrogens (tertiary/aromatic N) is 3. The van der Waals surface area contributed by atoms with E-state index in [9.17, 15) is 14.8 Å². The molecule has 0 aliphatic rings. The van der Waals surface area contributed by atoms with E-state index in [2.05, 4.69) is 4.98 Å². The number of rotatable bonds is 5. The lowest BCUT2D eigenvalue weighted by Crippen LogP contribution is -2.35. The van der Waals surface area contributed by atoms with Crippen LogP contribution in [0.3, 0.4) is 0 Å². The Bertz CT molecular complexity index is 751. The van der Waals surface area contributed by atoms with Gasteiger partial charge in [0.05, 0.1) is 6.07 Å². The number of aromatic nitrogens is 2. The van der Waals surface area contributed by atoms with Crippen LogP contribution in [0.25, 0.3) is 0 Å². The minimum atomic E-state index is -1.08. The number of nitriles is 1. The largest absolute Gasteiger partial charge is 0.618 e. The van der Waals surface area contributed by atoms with Crippen molar-refractivity contribution in [3.63, 3.8) is 0 Å². The Morgan fingerprint density at radius 2 is 2.32 bits per heavy atom. The highest BCUT2D eigenvalue weighted by Gasteiger charge is 2.26. The quantitative estimate of drug-likeness (QED) is 0.464. The molecule has 0 radical (unpaired) electrons. The zero-order chi connectivity index (χ0) is 16.1. The first-order chi connectivity index (χ1) is 10.5. The summed E-state index contributed by atoms with van der Waals surface area (Å²) in [5, 5.41) is 22.6.